The van der Waals surface area contributed by atoms with Gasteiger partial charge in [0.25, 0.3) is 0 Å². The lowest BCUT2D eigenvalue weighted by molar-refractivity contribution is 0.647. The molecule has 0 amide bonds. The molecule has 1 aromatic carbocycles. The molecule has 2 heterocycles. The summed E-state index contributed by atoms with van der Waals surface area (Å²) in [5, 5.41) is 8.83. The summed E-state index contributed by atoms with van der Waals surface area (Å²) in [5.74, 6) is 0.957. The molecule has 22 heavy (non-hydrogen) atoms. The molecule has 0 unspecified atom stereocenters. The van der Waals surface area contributed by atoms with Gasteiger partial charge in [0.15, 0.2) is 0 Å². The zero-order valence-corrected chi connectivity index (χ0v) is 13.1. The van der Waals surface area contributed by atoms with Crippen molar-refractivity contribution in [2.24, 2.45) is 0 Å². The van der Waals surface area contributed by atoms with Gasteiger partial charge < -0.3 is 9.80 Å². The molecule has 1 aliphatic heterocycles. The van der Waals surface area contributed by atoms with Crippen molar-refractivity contribution < 1.29 is 0 Å². The molecule has 1 aliphatic rings. The number of pyridine rings is 1. The number of nitrogens with zero attached hydrogens (tertiary/aromatic N) is 4. The molecule has 0 N–H and O–H groups in total. The second-order valence-corrected chi connectivity index (χ2v) is 5.76. The third-order valence-corrected chi connectivity index (χ3v) is 4.34. The van der Waals surface area contributed by atoms with Crippen LogP contribution in [0.4, 0.5) is 11.5 Å². The van der Waals surface area contributed by atoms with Crippen LogP contribution in [0.1, 0.15) is 16.7 Å². The van der Waals surface area contributed by atoms with E-state index < -0.39 is 0 Å². The van der Waals surface area contributed by atoms with Gasteiger partial charge in [0.05, 0.1) is 5.56 Å². The van der Waals surface area contributed by atoms with Gasteiger partial charge in [-0.3, -0.25) is 0 Å². The minimum absolute atomic E-state index is 0.609. The zero-order chi connectivity index (χ0) is 15.5. The molecule has 1 aromatic heterocycles. The van der Waals surface area contributed by atoms with Crippen molar-refractivity contribution in [1.82, 2.24) is 4.98 Å². The maximum absolute atomic E-state index is 8.83. The first kappa shape index (κ1) is 14.4. The van der Waals surface area contributed by atoms with Crippen LogP contribution in [-0.4, -0.2) is 31.2 Å². The number of aromatic nitrogens is 1. The average Bonchev–Trinajstić information content (AvgIpc) is 2.58. The lowest BCUT2D eigenvalue weighted by Gasteiger charge is -2.37. The largest absolute Gasteiger partial charge is 0.368 e. The van der Waals surface area contributed by atoms with Crippen LogP contribution in [0.2, 0.25) is 0 Å². The standard InChI is InChI=1S/C18H20N4/c1-14-3-5-17(11-15(14)2)21-7-9-22(10-8-21)18-6-4-16(12-19)13-20-18/h3-6,11,13H,7-10H2,1-2H3. The molecule has 3 rings (SSSR count). The smallest absolute Gasteiger partial charge is 0.128 e. The Bertz CT molecular complexity index is 692. The second kappa shape index (κ2) is 6.07. The van der Waals surface area contributed by atoms with Gasteiger partial charge in [-0.25, -0.2) is 4.98 Å². The maximum atomic E-state index is 8.83. The van der Waals surface area contributed by atoms with Gasteiger partial charge in [-0.05, 0) is 49.2 Å². The third kappa shape index (κ3) is 2.89. The van der Waals surface area contributed by atoms with Crippen LogP contribution < -0.4 is 9.80 Å². The summed E-state index contributed by atoms with van der Waals surface area (Å²) < 4.78 is 0. The SMILES string of the molecule is Cc1ccc(N2CCN(c3ccc(C#N)cn3)CC2)cc1C. The summed E-state index contributed by atoms with van der Waals surface area (Å²) in [5.41, 5.74) is 4.59. The summed E-state index contributed by atoms with van der Waals surface area (Å²) in [6.07, 6.45) is 1.64. The number of aryl methyl sites for hydroxylation is 2. The fourth-order valence-corrected chi connectivity index (χ4v) is 2.76. The van der Waals surface area contributed by atoms with E-state index in [2.05, 4.69) is 52.9 Å². The van der Waals surface area contributed by atoms with E-state index in [4.69, 9.17) is 5.26 Å². The maximum Gasteiger partial charge on any atom is 0.128 e. The Balaban J connectivity index is 1.66. The highest BCUT2D eigenvalue weighted by atomic mass is 15.3. The van der Waals surface area contributed by atoms with E-state index in [1.165, 1.54) is 16.8 Å². The Labute approximate surface area is 131 Å². The van der Waals surface area contributed by atoms with Crippen LogP contribution in [0.25, 0.3) is 0 Å². The predicted octanol–water partition coefficient (Wildman–Crippen LogP) is 2.90. The highest BCUT2D eigenvalue weighted by Crippen LogP contribution is 2.21. The molecule has 0 saturated carbocycles. The van der Waals surface area contributed by atoms with Crippen molar-refractivity contribution in [2.75, 3.05) is 36.0 Å². The Morgan fingerprint density at radius 1 is 0.955 bits per heavy atom. The lowest BCUT2D eigenvalue weighted by atomic mass is 10.1. The number of rotatable bonds is 2. The number of piperazine rings is 1. The van der Waals surface area contributed by atoms with Crippen LogP contribution in [-0.2, 0) is 0 Å². The highest BCUT2D eigenvalue weighted by Gasteiger charge is 2.18. The van der Waals surface area contributed by atoms with Crippen LogP contribution in [0.3, 0.4) is 0 Å². The molecule has 2 aromatic rings. The van der Waals surface area contributed by atoms with Crippen LogP contribution in [0.15, 0.2) is 36.5 Å². The first-order valence-electron chi connectivity index (χ1n) is 7.60. The molecule has 1 fully saturated rings. The minimum atomic E-state index is 0.609. The second-order valence-electron chi connectivity index (χ2n) is 5.76. The summed E-state index contributed by atoms with van der Waals surface area (Å²) in [6.45, 7) is 8.19. The quantitative estimate of drug-likeness (QED) is 0.853. The molecule has 1 saturated heterocycles. The summed E-state index contributed by atoms with van der Waals surface area (Å²) in [4.78, 5) is 9.08. The molecule has 0 aliphatic carbocycles. The summed E-state index contributed by atoms with van der Waals surface area (Å²) >= 11 is 0. The van der Waals surface area contributed by atoms with E-state index in [-0.39, 0.29) is 0 Å². The molecule has 4 nitrogen and oxygen atoms in total. The topological polar surface area (TPSA) is 43.2 Å². The van der Waals surface area contributed by atoms with E-state index >= 15 is 0 Å². The van der Waals surface area contributed by atoms with Crippen LogP contribution in [0, 0.1) is 25.2 Å². The van der Waals surface area contributed by atoms with E-state index in [0.717, 1.165) is 32.0 Å². The average molecular weight is 292 g/mol. The van der Waals surface area contributed by atoms with Gasteiger partial charge in [-0.2, -0.15) is 5.26 Å². The van der Waals surface area contributed by atoms with E-state index in [1.54, 1.807) is 6.20 Å². The first-order chi connectivity index (χ1) is 10.7. The number of benzene rings is 1. The van der Waals surface area contributed by atoms with Crippen molar-refractivity contribution in [2.45, 2.75) is 13.8 Å². The first-order valence-corrected chi connectivity index (χ1v) is 7.60. The summed E-state index contributed by atoms with van der Waals surface area (Å²) in [7, 11) is 0. The van der Waals surface area contributed by atoms with Gasteiger partial charge >= 0.3 is 0 Å². The molecular weight excluding hydrogens is 272 g/mol. The lowest BCUT2D eigenvalue weighted by Crippen LogP contribution is -2.46. The van der Waals surface area contributed by atoms with Crippen molar-refractivity contribution >= 4 is 11.5 Å². The van der Waals surface area contributed by atoms with Gasteiger partial charge in [-0.1, -0.05) is 6.07 Å². The predicted molar refractivity (Wildman–Crippen MR) is 89.3 cm³/mol. The van der Waals surface area contributed by atoms with Crippen molar-refractivity contribution in [3.8, 4) is 6.07 Å². The molecule has 4 heteroatoms. The van der Waals surface area contributed by atoms with E-state index in [9.17, 15) is 0 Å². The fourth-order valence-electron chi connectivity index (χ4n) is 2.76. The van der Waals surface area contributed by atoms with Crippen molar-refractivity contribution in [3.05, 3.63) is 53.2 Å². The minimum Gasteiger partial charge on any atom is -0.368 e. The molecule has 0 atom stereocenters. The van der Waals surface area contributed by atoms with Crippen molar-refractivity contribution in [3.63, 3.8) is 0 Å². The monoisotopic (exact) mass is 292 g/mol. The van der Waals surface area contributed by atoms with Gasteiger partial charge in [0.1, 0.15) is 11.9 Å². The zero-order valence-electron chi connectivity index (χ0n) is 13.1. The van der Waals surface area contributed by atoms with Crippen LogP contribution in [0.5, 0.6) is 0 Å². The fraction of sp³-hybridized carbons (Fsp3) is 0.333. The molecule has 112 valence electrons. The van der Waals surface area contributed by atoms with Gasteiger partial charge in [-0.15, -0.1) is 0 Å². The molecule has 0 spiro atoms. The van der Waals surface area contributed by atoms with Gasteiger partial charge in [0, 0.05) is 38.1 Å². The molecular formula is C18H20N4. The number of hydrogen-bond donors (Lipinski definition) is 0. The Morgan fingerprint density at radius 3 is 2.27 bits per heavy atom. The van der Waals surface area contributed by atoms with E-state index in [0.29, 0.717) is 5.56 Å². The number of hydrogen-bond acceptors (Lipinski definition) is 4. The summed E-state index contributed by atoms with van der Waals surface area (Å²) in [6, 6.07) is 12.5. The number of nitriles is 1. The van der Waals surface area contributed by atoms with Crippen molar-refractivity contribution in [1.29, 1.82) is 5.26 Å². The highest BCUT2D eigenvalue weighted by molar-refractivity contribution is 5.52. The Kier molecular flexibility index (Phi) is 3.97. The van der Waals surface area contributed by atoms with Crippen LogP contribution >= 0.6 is 0 Å². The van der Waals surface area contributed by atoms with E-state index in [1.807, 2.05) is 12.1 Å². The normalized spacial score (nSPS) is 14.8. The van der Waals surface area contributed by atoms with Gasteiger partial charge in [0.2, 0.25) is 0 Å². The Hall–Kier alpha value is -2.54. The molecule has 0 bridgehead atoms. The molecule has 0 radical (unpaired) electrons. The third-order valence-electron chi connectivity index (χ3n) is 4.34. The Morgan fingerprint density at radius 2 is 1.68 bits per heavy atom. The number of anilines is 2.